The maximum atomic E-state index is 12.8. The zero-order valence-electron chi connectivity index (χ0n) is 15.1. The van der Waals surface area contributed by atoms with Crippen LogP contribution in [0.4, 0.5) is 13.2 Å². The van der Waals surface area contributed by atoms with E-state index in [1.807, 2.05) is 0 Å². The summed E-state index contributed by atoms with van der Waals surface area (Å²) in [6, 6.07) is 4.91. The molecule has 1 aliphatic rings. The van der Waals surface area contributed by atoms with Crippen LogP contribution in [0.25, 0.3) is 10.6 Å². The van der Waals surface area contributed by atoms with E-state index >= 15 is 0 Å². The first-order chi connectivity index (χ1) is 13.4. The summed E-state index contributed by atoms with van der Waals surface area (Å²) in [5.41, 5.74) is -0.215. The second kappa shape index (κ2) is 9.49. The fourth-order valence-electron chi connectivity index (χ4n) is 2.80. The molecule has 2 heterocycles. The average Bonchev–Trinajstić information content (AvgIpc) is 3.35. The second-order valence-corrected chi connectivity index (χ2v) is 7.29. The van der Waals surface area contributed by atoms with Gasteiger partial charge in [0.25, 0.3) is 5.91 Å². The van der Waals surface area contributed by atoms with Crippen LogP contribution in [0.15, 0.2) is 29.6 Å². The maximum Gasteiger partial charge on any atom is 0.416 e. The van der Waals surface area contributed by atoms with Gasteiger partial charge in [-0.3, -0.25) is 4.79 Å². The lowest BCUT2D eigenvalue weighted by atomic mass is 10.1. The Morgan fingerprint density at radius 1 is 1.39 bits per heavy atom. The quantitative estimate of drug-likeness (QED) is 0.660. The second-order valence-electron chi connectivity index (χ2n) is 6.44. The maximum absolute atomic E-state index is 12.8. The number of hydrogen-bond donors (Lipinski definition) is 1. The van der Waals surface area contributed by atoms with E-state index in [1.165, 1.54) is 6.07 Å². The molecule has 3 rings (SSSR count). The molecule has 2 aromatic rings. The van der Waals surface area contributed by atoms with Crippen molar-refractivity contribution in [2.75, 3.05) is 26.4 Å². The van der Waals surface area contributed by atoms with Gasteiger partial charge in [-0.25, -0.2) is 4.98 Å². The SMILES string of the molecule is O=C(NCCCOCC1CCCO1)c1csc(-c2cccc(C(F)(F)F)c2)n1. The molecule has 1 fully saturated rings. The Morgan fingerprint density at radius 2 is 2.25 bits per heavy atom. The molecule has 1 aromatic heterocycles. The van der Waals surface area contributed by atoms with Gasteiger partial charge in [0.2, 0.25) is 0 Å². The van der Waals surface area contributed by atoms with Crippen LogP contribution in [0.1, 0.15) is 35.3 Å². The molecular weight excluding hydrogens is 393 g/mol. The molecule has 1 N–H and O–H groups in total. The van der Waals surface area contributed by atoms with E-state index in [0.29, 0.717) is 36.8 Å². The van der Waals surface area contributed by atoms with E-state index in [1.54, 1.807) is 11.4 Å². The predicted octanol–water partition coefficient (Wildman–Crippen LogP) is 4.14. The molecule has 1 aromatic carbocycles. The Hall–Kier alpha value is -1.97. The van der Waals surface area contributed by atoms with Crippen LogP contribution < -0.4 is 5.32 Å². The van der Waals surface area contributed by atoms with Gasteiger partial charge in [-0.15, -0.1) is 11.3 Å². The van der Waals surface area contributed by atoms with E-state index in [2.05, 4.69) is 10.3 Å². The smallest absolute Gasteiger partial charge is 0.379 e. The number of halogens is 3. The average molecular weight is 414 g/mol. The van der Waals surface area contributed by atoms with Crippen molar-refractivity contribution in [2.45, 2.75) is 31.5 Å². The molecule has 0 aliphatic carbocycles. The van der Waals surface area contributed by atoms with Crippen LogP contribution in [0.5, 0.6) is 0 Å². The van der Waals surface area contributed by atoms with Gasteiger partial charge in [0.15, 0.2) is 0 Å². The third-order valence-electron chi connectivity index (χ3n) is 4.25. The standard InChI is InChI=1S/C19H21F3N2O3S/c20-19(21,22)14-5-1-4-13(10-14)18-24-16(12-28-18)17(25)23-7-3-8-26-11-15-6-2-9-27-15/h1,4-5,10,12,15H,2-3,6-9,11H2,(H,23,25). The normalized spacial score (nSPS) is 17.0. The van der Waals surface area contributed by atoms with E-state index in [-0.39, 0.29) is 17.7 Å². The Morgan fingerprint density at radius 3 is 3.00 bits per heavy atom. The van der Waals surface area contributed by atoms with Crippen LogP contribution in [0.3, 0.4) is 0 Å². The predicted molar refractivity (Wildman–Crippen MR) is 99.3 cm³/mol. The zero-order valence-corrected chi connectivity index (χ0v) is 15.9. The van der Waals surface area contributed by atoms with Gasteiger partial charge in [-0.2, -0.15) is 13.2 Å². The van der Waals surface area contributed by atoms with Gasteiger partial charge in [-0.1, -0.05) is 12.1 Å². The molecule has 0 radical (unpaired) electrons. The molecule has 1 atom stereocenters. The summed E-state index contributed by atoms with van der Waals surface area (Å²) < 4.78 is 49.5. The molecule has 0 saturated carbocycles. The Labute approximate surface area is 164 Å². The van der Waals surface area contributed by atoms with Crippen molar-refractivity contribution in [3.63, 3.8) is 0 Å². The van der Waals surface area contributed by atoms with E-state index in [9.17, 15) is 18.0 Å². The number of amides is 1. The van der Waals surface area contributed by atoms with Gasteiger partial charge in [0.1, 0.15) is 10.7 Å². The van der Waals surface area contributed by atoms with E-state index < -0.39 is 11.7 Å². The van der Waals surface area contributed by atoms with Crippen molar-refractivity contribution in [3.05, 3.63) is 40.9 Å². The monoisotopic (exact) mass is 414 g/mol. The third kappa shape index (κ3) is 5.76. The number of carbonyl (C=O) groups excluding carboxylic acids is 1. The lowest BCUT2D eigenvalue weighted by Crippen LogP contribution is -2.26. The number of aromatic nitrogens is 1. The van der Waals surface area contributed by atoms with Crippen LogP contribution in [-0.2, 0) is 15.7 Å². The van der Waals surface area contributed by atoms with Crippen LogP contribution in [-0.4, -0.2) is 43.4 Å². The number of ether oxygens (including phenoxy) is 2. The highest BCUT2D eigenvalue weighted by atomic mass is 32.1. The number of nitrogens with one attached hydrogen (secondary N) is 1. The Kier molecular flexibility index (Phi) is 7.03. The molecule has 1 unspecified atom stereocenters. The lowest BCUT2D eigenvalue weighted by Gasteiger charge is -2.10. The van der Waals surface area contributed by atoms with Crippen molar-refractivity contribution in [1.29, 1.82) is 0 Å². The number of alkyl halides is 3. The molecule has 9 heteroatoms. The minimum absolute atomic E-state index is 0.180. The molecule has 1 amide bonds. The first-order valence-corrected chi connectivity index (χ1v) is 9.92. The molecule has 0 bridgehead atoms. The summed E-state index contributed by atoms with van der Waals surface area (Å²) in [5, 5.41) is 4.65. The topological polar surface area (TPSA) is 60.5 Å². The first kappa shape index (κ1) is 20.8. The highest BCUT2D eigenvalue weighted by Gasteiger charge is 2.30. The summed E-state index contributed by atoms with van der Waals surface area (Å²) in [6.45, 7) is 2.31. The number of hydrogen-bond acceptors (Lipinski definition) is 5. The summed E-state index contributed by atoms with van der Waals surface area (Å²) >= 11 is 1.13. The van der Waals surface area contributed by atoms with Gasteiger partial charge in [0.05, 0.1) is 18.3 Å². The van der Waals surface area contributed by atoms with Gasteiger partial charge >= 0.3 is 6.18 Å². The van der Waals surface area contributed by atoms with E-state index in [0.717, 1.165) is 42.9 Å². The molecule has 152 valence electrons. The number of rotatable bonds is 8. The Bertz CT molecular complexity index is 789. The number of nitrogens with zero attached hydrogens (tertiary/aromatic N) is 1. The third-order valence-corrected chi connectivity index (χ3v) is 5.14. The lowest BCUT2D eigenvalue weighted by molar-refractivity contribution is -0.137. The van der Waals surface area contributed by atoms with Crippen molar-refractivity contribution >= 4 is 17.2 Å². The highest BCUT2D eigenvalue weighted by Crippen LogP contribution is 2.33. The largest absolute Gasteiger partial charge is 0.416 e. The number of carbonyl (C=O) groups is 1. The molecule has 5 nitrogen and oxygen atoms in total. The van der Waals surface area contributed by atoms with Crippen LogP contribution >= 0.6 is 11.3 Å². The number of thiazole rings is 1. The zero-order chi connectivity index (χ0) is 20.0. The van der Waals surface area contributed by atoms with Crippen molar-refractivity contribution < 1.29 is 27.4 Å². The highest BCUT2D eigenvalue weighted by molar-refractivity contribution is 7.13. The Balaban J connectivity index is 1.45. The number of benzene rings is 1. The molecular formula is C19H21F3N2O3S. The molecule has 0 spiro atoms. The summed E-state index contributed by atoms with van der Waals surface area (Å²) in [6.07, 6.45) is -1.49. The minimum Gasteiger partial charge on any atom is -0.379 e. The van der Waals surface area contributed by atoms with Crippen molar-refractivity contribution in [3.8, 4) is 10.6 Å². The molecule has 28 heavy (non-hydrogen) atoms. The first-order valence-electron chi connectivity index (χ1n) is 9.04. The molecule has 1 aliphatic heterocycles. The van der Waals surface area contributed by atoms with Crippen molar-refractivity contribution in [2.24, 2.45) is 0 Å². The van der Waals surface area contributed by atoms with Gasteiger partial charge < -0.3 is 14.8 Å². The van der Waals surface area contributed by atoms with Crippen LogP contribution in [0.2, 0.25) is 0 Å². The van der Waals surface area contributed by atoms with E-state index in [4.69, 9.17) is 9.47 Å². The van der Waals surface area contributed by atoms with Crippen LogP contribution in [0, 0.1) is 0 Å². The van der Waals surface area contributed by atoms with Crippen molar-refractivity contribution in [1.82, 2.24) is 10.3 Å². The fraction of sp³-hybridized carbons (Fsp3) is 0.474. The van der Waals surface area contributed by atoms with Gasteiger partial charge in [0, 0.05) is 30.7 Å². The van der Waals surface area contributed by atoms with Gasteiger partial charge in [-0.05, 0) is 31.4 Å². The summed E-state index contributed by atoms with van der Waals surface area (Å²) in [4.78, 5) is 16.3. The summed E-state index contributed by atoms with van der Waals surface area (Å²) in [5.74, 6) is -0.353. The summed E-state index contributed by atoms with van der Waals surface area (Å²) in [7, 11) is 0. The fourth-order valence-corrected chi connectivity index (χ4v) is 3.59. The molecule has 1 saturated heterocycles. The minimum atomic E-state index is -4.42.